The third-order valence-corrected chi connectivity index (χ3v) is 2.84. The zero-order valence-electron chi connectivity index (χ0n) is 12.9. The minimum Gasteiger partial charge on any atom is -0.465 e. The van der Waals surface area contributed by atoms with E-state index in [-0.39, 0.29) is 0 Å². The molecule has 0 heterocycles. The number of hydrogen-bond donors (Lipinski definition) is 1. The number of unbranched alkanes of at least 4 members (excludes halogenated alkanes) is 9. The summed E-state index contributed by atoms with van der Waals surface area (Å²) in [5.74, 6) is 0. The number of hydrogen-bond acceptors (Lipinski definition) is 1. The highest BCUT2D eigenvalue weighted by atomic mass is 16.4. The lowest BCUT2D eigenvalue weighted by atomic mass is 10.1. The molecule has 110 valence electrons. The van der Waals surface area contributed by atoms with Crippen LogP contribution in [0.1, 0.15) is 78.1 Å². The molecule has 1 N–H and O–H groups in total. The van der Waals surface area contributed by atoms with Crippen molar-refractivity contribution < 1.29 is 9.90 Å². The molecule has 18 heavy (non-hydrogen) atoms. The molecule has 0 fully saturated rings. The first kappa shape index (κ1) is 19.6. The monoisotopic (exact) mass is 259 g/mol. The van der Waals surface area contributed by atoms with Crippen LogP contribution in [0.3, 0.4) is 0 Å². The second kappa shape index (κ2) is 16.3. The predicted molar refractivity (Wildman–Crippen MR) is 79.2 cm³/mol. The van der Waals surface area contributed by atoms with Gasteiger partial charge in [0.05, 0.1) is 0 Å². The highest BCUT2D eigenvalue weighted by molar-refractivity contribution is 5.63. The fourth-order valence-electron chi connectivity index (χ4n) is 1.56. The Hall–Kier alpha value is -0.730. The molecule has 0 aromatic rings. The molecule has 0 unspecified atom stereocenters. The molecule has 0 radical (unpaired) electrons. The lowest BCUT2D eigenvalue weighted by molar-refractivity contribution is 0.165. The van der Waals surface area contributed by atoms with E-state index in [1.807, 2.05) is 0 Å². The van der Waals surface area contributed by atoms with Crippen LogP contribution in [-0.2, 0) is 0 Å². The molecule has 3 nitrogen and oxygen atoms in total. The predicted octanol–water partition coefficient (Wildman–Crippen LogP) is 5.15. The first-order valence-electron chi connectivity index (χ1n) is 7.46. The molecule has 0 atom stereocenters. The van der Waals surface area contributed by atoms with Crippen LogP contribution in [0.4, 0.5) is 4.79 Å². The normalized spacial score (nSPS) is 9.56. The van der Waals surface area contributed by atoms with Crippen molar-refractivity contribution in [1.29, 1.82) is 0 Å². The van der Waals surface area contributed by atoms with Gasteiger partial charge in [-0.3, -0.25) is 0 Å². The molecule has 3 heteroatoms. The summed E-state index contributed by atoms with van der Waals surface area (Å²) in [4.78, 5) is 10.7. The van der Waals surface area contributed by atoms with E-state index in [1.165, 1.54) is 78.3 Å². The Kier molecular flexibility index (Phi) is 17.7. The Morgan fingerprint density at radius 1 is 0.778 bits per heavy atom. The van der Waals surface area contributed by atoms with Gasteiger partial charge in [0.2, 0.25) is 0 Å². The van der Waals surface area contributed by atoms with E-state index >= 15 is 0 Å². The van der Waals surface area contributed by atoms with Crippen LogP contribution in [0, 0.1) is 0 Å². The number of nitrogens with zero attached hydrogens (tertiary/aromatic N) is 1. The molecule has 0 saturated carbocycles. The topological polar surface area (TPSA) is 40.5 Å². The molecule has 0 rings (SSSR count). The summed E-state index contributed by atoms with van der Waals surface area (Å²) in [5, 5.41) is 7.92. The maximum Gasteiger partial charge on any atom is 0.406 e. The van der Waals surface area contributed by atoms with Gasteiger partial charge in [0.1, 0.15) is 0 Å². The van der Waals surface area contributed by atoms with E-state index in [4.69, 9.17) is 5.11 Å². The Bertz CT molecular complexity index is 160. The molecule has 0 saturated heterocycles. The molecule has 0 aliphatic rings. The molecular weight excluding hydrogens is 226 g/mol. The standard InChI is InChI=1S/C12H26.C3H7NO2/c1-3-5-7-9-11-12-10-8-6-4-2;1-4(2)3(5)6/h3-12H2,1-2H3;1-2H3,(H,5,6). The van der Waals surface area contributed by atoms with E-state index in [2.05, 4.69) is 13.8 Å². The van der Waals surface area contributed by atoms with Crippen LogP contribution < -0.4 is 0 Å². The molecule has 0 spiro atoms. The molecule has 0 bridgehead atoms. The van der Waals surface area contributed by atoms with Crippen molar-refractivity contribution in [3.8, 4) is 0 Å². The van der Waals surface area contributed by atoms with Crippen LogP contribution in [0.5, 0.6) is 0 Å². The summed E-state index contributed by atoms with van der Waals surface area (Å²) in [5.41, 5.74) is 0. The Labute approximate surface area is 114 Å². The maximum atomic E-state index is 9.62. The average molecular weight is 259 g/mol. The summed E-state index contributed by atoms with van der Waals surface area (Å²) < 4.78 is 0. The van der Waals surface area contributed by atoms with Crippen molar-refractivity contribution >= 4 is 6.09 Å². The largest absolute Gasteiger partial charge is 0.465 e. The average Bonchev–Trinajstić information content (AvgIpc) is 2.33. The van der Waals surface area contributed by atoms with Crippen molar-refractivity contribution in [2.45, 2.75) is 78.1 Å². The molecular formula is C15H33NO2. The van der Waals surface area contributed by atoms with E-state index in [9.17, 15) is 4.79 Å². The lowest BCUT2D eigenvalue weighted by Gasteiger charge is -1.99. The fourth-order valence-corrected chi connectivity index (χ4v) is 1.56. The highest BCUT2D eigenvalue weighted by Crippen LogP contribution is 2.09. The fraction of sp³-hybridized carbons (Fsp3) is 0.933. The highest BCUT2D eigenvalue weighted by Gasteiger charge is 1.92. The van der Waals surface area contributed by atoms with Gasteiger partial charge in [-0.15, -0.1) is 0 Å². The molecule has 0 aliphatic heterocycles. The molecule has 0 aromatic heterocycles. The summed E-state index contributed by atoms with van der Waals surface area (Å²) in [6.45, 7) is 4.56. The lowest BCUT2D eigenvalue weighted by Crippen LogP contribution is -2.18. The van der Waals surface area contributed by atoms with Crippen LogP contribution in [0.15, 0.2) is 0 Å². The first-order chi connectivity index (χ1) is 8.56. The molecule has 1 amide bonds. The van der Waals surface area contributed by atoms with Gasteiger partial charge in [-0.05, 0) is 0 Å². The first-order valence-corrected chi connectivity index (χ1v) is 7.46. The van der Waals surface area contributed by atoms with Gasteiger partial charge in [0.25, 0.3) is 0 Å². The maximum absolute atomic E-state index is 9.62. The Morgan fingerprint density at radius 3 is 1.17 bits per heavy atom. The third kappa shape index (κ3) is 20.7. The van der Waals surface area contributed by atoms with Crippen molar-refractivity contribution in [1.82, 2.24) is 4.90 Å². The van der Waals surface area contributed by atoms with E-state index in [0.29, 0.717) is 0 Å². The van der Waals surface area contributed by atoms with E-state index in [1.54, 1.807) is 0 Å². The van der Waals surface area contributed by atoms with Crippen molar-refractivity contribution in [3.05, 3.63) is 0 Å². The van der Waals surface area contributed by atoms with Gasteiger partial charge < -0.3 is 10.0 Å². The number of carbonyl (C=O) groups is 1. The number of rotatable bonds is 9. The minimum absolute atomic E-state index is 0.907. The van der Waals surface area contributed by atoms with Crippen molar-refractivity contribution in [2.75, 3.05) is 14.1 Å². The zero-order valence-corrected chi connectivity index (χ0v) is 12.9. The number of amides is 1. The minimum atomic E-state index is -0.907. The van der Waals surface area contributed by atoms with Crippen molar-refractivity contribution in [3.63, 3.8) is 0 Å². The molecule has 0 aromatic carbocycles. The second-order valence-electron chi connectivity index (χ2n) is 5.01. The quantitative estimate of drug-likeness (QED) is 0.581. The van der Waals surface area contributed by atoms with Crippen LogP contribution in [0.25, 0.3) is 0 Å². The summed E-state index contributed by atoms with van der Waals surface area (Å²) in [7, 11) is 2.95. The van der Waals surface area contributed by atoms with Gasteiger partial charge in [-0.2, -0.15) is 0 Å². The summed E-state index contributed by atoms with van der Waals surface area (Å²) in [6, 6.07) is 0. The summed E-state index contributed by atoms with van der Waals surface area (Å²) in [6.07, 6.45) is 13.5. The van der Waals surface area contributed by atoms with Gasteiger partial charge in [0, 0.05) is 14.1 Å². The molecule has 0 aliphatic carbocycles. The van der Waals surface area contributed by atoms with Gasteiger partial charge >= 0.3 is 6.09 Å². The number of carboxylic acid groups (broad SMARTS) is 1. The van der Waals surface area contributed by atoms with Crippen LogP contribution >= 0.6 is 0 Å². The second-order valence-corrected chi connectivity index (χ2v) is 5.01. The SMILES string of the molecule is CCCCCCCCCCCC.CN(C)C(=O)O. The third-order valence-electron chi connectivity index (χ3n) is 2.84. The van der Waals surface area contributed by atoms with Gasteiger partial charge in [-0.25, -0.2) is 4.79 Å². The van der Waals surface area contributed by atoms with Crippen LogP contribution in [-0.4, -0.2) is 30.2 Å². The van der Waals surface area contributed by atoms with E-state index < -0.39 is 6.09 Å². The smallest absolute Gasteiger partial charge is 0.406 e. The van der Waals surface area contributed by atoms with Crippen LogP contribution in [0.2, 0.25) is 0 Å². The van der Waals surface area contributed by atoms with Gasteiger partial charge in [0.15, 0.2) is 0 Å². The van der Waals surface area contributed by atoms with Crippen molar-refractivity contribution in [2.24, 2.45) is 0 Å². The Morgan fingerprint density at radius 2 is 1.00 bits per heavy atom. The van der Waals surface area contributed by atoms with E-state index in [0.717, 1.165) is 4.90 Å². The summed E-state index contributed by atoms with van der Waals surface area (Å²) >= 11 is 0. The van der Waals surface area contributed by atoms with Gasteiger partial charge in [-0.1, -0.05) is 78.1 Å². The zero-order chi connectivity index (χ0) is 14.2. The Balaban J connectivity index is 0.